The summed E-state index contributed by atoms with van der Waals surface area (Å²) in [5, 5.41) is 3.88. The molecule has 0 radical (unpaired) electrons. The number of nitrogens with one attached hydrogen (secondary N) is 1. The number of aromatic nitrogens is 1. The highest BCUT2D eigenvalue weighted by molar-refractivity contribution is 9.09. The van der Waals surface area contributed by atoms with E-state index < -0.39 is 0 Å². The summed E-state index contributed by atoms with van der Waals surface area (Å²) in [6.45, 7) is 3.95. The van der Waals surface area contributed by atoms with Crippen molar-refractivity contribution in [1.29, 1.82) is 0 Å². The lowest BCUT2D eigenvalue weighted by atomic mass is 10.1. The van der Waals surface area contributed by atoms with E-state index in [1.54, 1.807) is 6.07 Å². The van der Waals surface area contributed by atoms with Crippen LogP contribution < -0.4 is 5.32 Å². The van der Waals surface area contributed by atoms with Crippen molar-refractivity contribution in [2.45, 2.75) is 32.7 Å². The third kappa shape index (κ3) is 3.93. The van der Waals surface area contributed by atoms with E-state index in [0.29, 0.717) is 5.69 Å². The van der Waals surface area contributed by atoms with Gasteiger partial charge in [-0.25, -0.2) is 4.98 Å². The number of carbonyl (C=O) groups excluding carboxylic acids is 1. The maximum atomic E-state index is 11.9. The summed E-state index contributed by atoms with van der Waals surface area (Å²) in [6, 6.07) is 5.69. The molecule has 88 valence electrons. The van der Waals surface area contributed by atoms with Crippen LogP contribution in [0.2, 0.25) is 0 Å². The van der Waals surface area contributed by atoms with Gasteiger partial charge in [0.25, 0.3) is 5.91 Å². The van der Waals surface area contributed by atoms with Crippen LogP contribution in [0.5, 0.6) is 0 Å². The largest absolute Gasteiger partial charge is 0.348 e. The SMILES string of the molecule is CCC(CCBr)NC(=O)c1cccc(C)n1. The van der Waals surface area contributed by atoms with Crippen molar-refractivity contribution >= 4 is 21.8 Å². The van der Waals surface area contributed by atoms with Gasteiger partial charge in [-0.15, -0.1) is 0 Å². The van der Waals surface area contributed by atoms with Crippen molar-refractivity contribution in [3.8, 4) is 0 Å². The molecule has 1 rings (SSSR count). The summed E-state index contributed by atoms with van der Waals surface area (Å²) in [4.78, 5) is 16.0. The van der Waals surface area contributed by atoms with Gasteiger partial charge < -0.3 is 5.32 Å². The van der Waals surface area contributed by atoms with E-state index in [-0.39, 0.29) is 11.9 Å². The lowest BCUT2D eigenvalue weighted by molar-refractivity contribution is 0.0930. The zero-order chi connectivity index (χ0) is 12.0. The standard InChI is InChI=1S/C12H17BrN2O/c1-3-10(7-8-13)15-12(16)11-6-4-5-9(2)14-11/h4-6,10H,3,7-8H2,1-2H3,(H,15,16). The Morgan fingerprint density at radius 1 is 1.56 bits per heavy atom. The molecule has 0 aliphatic rings. The zero-order valence-electron chi connectivity index (χ0n) is 9.66. The normalized spacial score (nSPS) is 12.2. The predicted molar refractivity (Wildman–Crippen MR) is 68.9 cm³/mol. The number of hydrogen-bond acceptors (Lipinski definition) is 2. The van der Waals surface area contributed by atoms with Crippen LogP contribution in [0, 0.1) is 6.92 Å². The number of nitrogens with zero attached hydrogens (tertiary/aromatic N) is 1. The minimum Gasteiger partial charge on any atom is -0.348 e. The molecule has 0 fully saturated rings. The molecule has 1 unspecified atom stereocenters. The molecule has 0 aromatic carbocycles. The molecule has 3 nitrogen and oxygen atoms in total. The van der Waals surface area contributed by atoms with Gasteiger partial charge in [0.15, 0.2) is 0 Å². The molecule has 0 aliphatic heterocycles. The number of aryl methyl sites for hydroxylation is 1. The lowest BCUT2D eigenvalue weighted by Gasteiger charge is -2.15. The van der Waals surface area contributed by atoms with Crippen LogP contribution in [0.4, 0.5) is 0 Å². The molecule has 16 heavy (non-hydrogen) atoms. The number of halogens is 1. The first kappa shape index (κ1) is 13.2. The highest BCUT2D eigenvalue weighted by Gasteiger charge is 2.12. The van der Waals surface area contributed by atoms with Crippen molar-refractivity contribution in [3.05, 3.63) is 29.6 Å². The zero-order valence-corrected chi connectivity index (χ0v) is 11.3. The second-order valence-corrected chi connectivity index (χ2v) is 4.51. The van der Waals surface area contributed by atoms with Crippen molar-refractivity contribution in [2.75, 3.05) is 5.33 Å². The topological polar surface area (TPSA) is 42.0 Å². The summed E-state index contributed by atoms with van der Waals surface area (Å²) in [6.07, 6.45) is 1.87. The molecule has 0 saturated carbocycles. The van der Waals surface area contributed by atoms with Crippen LogP contribution in [0.15, 0.2) is 18.2 Å². The molecule has 1 N–H and O–H groups in total. The Bertz CT molecular complexity index is 355. The maximum Gasteiger partial charge on any atom is 0.270 e. The van der Waals surface area contributed by atoms with Gasteiger partial charge in [-0.3, -0.25) is 4.79 Å². The monoisotopic (exact) mass is 284 g/mol. The average molecular weight is 285 g/mol. The molecule has 1 aromatic heterocycles. The molecule has 1 amide bonds. The molecule has 0 aliphatic carbocycles. The molecule has 0 saturated heterocycles. The highest BCUT2D eigenvalue weighted by Crippen LogP contribution is 2.03. The summed E-state index contributed by atoms with van der Waals surface area (Å²) >= 11 is 3.38. The Morgan fingerprint density at radius 3 is 2.88 bits per heavy atom. The Kier molecular flexibility index (Phi) is 5.46. The Balaban J connectivity index is 2.64. The fourth-order valence-electron chi connectivity index (χ4n) is 1.44. The van der Waals surface area contributed by atoms with E-state index in [0.717, 1.165) is 23.9 Å². The Morgan fingerprint density at radius 2 is 2.31 bits per heavy atom. The van der Waals surface area contributed by atoms with Crippen LogP contribution in [0.25, 0.3) is 0 Å². The van der Waals surface area contributed by atoms with Crippen LogP contribution >= 0.6 is 15.9 Å². The quantitative estimate of drug-likeness (QED) is 0.845. The van der Waals surface area contributed by atoms with E-state index in [1.807, 2.05) is 19.1 Å². The van der Waals surface area contributed by atoms with Gasteiger partial charge >= 0.3 is 0 Å². The third-order valence-corrected chi connectivity index (χ3v) is 2.86. The first-order valence-corrected chi connectivity index (χ1v) is 6.60. The Hall–Kier alpha value is -0.900. The smallest absolute Gasteiger partial charge is 0.270 e. The predicted octanol–water partition coefficient (Wildman–Crippen LogP) is 2.68. The van der Waals surface area contributed by atoms with E-state index >= 15 is 0 Å². The van der Waals surface area contributed by atoms with Gasteiger partial charge in [0.2, 0.25) is 0 Å². The fraction of sp³-hybridized carbons (Fsp3) is 0.500. The third-order valence-electron chi connectivity index (χ3n) is 2.41. The van der Waals surface area contributed by atoms with E-state index in [4.69, 9.17) is 0 Å². The first-order valence-electron chi connectivity index (χ1n) is 5.47. The fourth-order valence-corrected chi connectivity index (χ4v) is 1.99. The van der Waals surface area contributed by atoms with Crippen LogP contribution in [-0.4, -0.2) is 22.3 Å². The minimum atomic E-state index is -0.0866. The van der Waals surface area contributed by atoms with Crippen LogP contribution in [-0.2, 0) is 0 Å². The lowest BCUT2D eigenvalue weighted by Crippen LogP contribution is -2.35. The molecular formula is C12H17BrN2O. The molecule has 4 heteroatoms. The van der Waals surface area contributed by atoms with Crippen molar-refractivity contribution in [1.82, 2.24) is 10.3 Å². The van der Waals surface area contributed by atoms with E-state index in [1.165, 1.54) is 0 Å². The summed E-state index contributed by atoms with van der Waals surface area (Å²) < 4.78 is 0. The van der Waals surface area contributed by atoms with E-state index in [9.17, 15) is 4.79 Å². The summed E-state index contributed by atoms with van der Waals surface area (Å²) in [5.41, 5.74) is 1.36. The van der Waals surface area contributed by atoms with Crippen molar-refractivity contribution < 1.29 is 4.79 Å². The highest BCUT2D eigenvalue weighted by atomic mass is 79.9. The molecule has 1 heterocycles. The van der Waals surface area contributed by atoms with E-state index in [2.05, 4.69) is 33.2 Å². The molecule has 0 bridgehead atoms. The summed E-state index contributed by atoms with van der Waals surface area (Å²) in [5.74, 6) is -0.0866. The van der Waals surface area contributed by atoms with Crippen molar-refractivity contribution in [3.63, 3.8) is 0 Å². The van der Waals surface area contributed by atoms with Crippen molar-refractivity contribution in [2.24, 2.45) is 0 Å². The van der Waals surface area contributed by atoms with Crippen LogP contribution in [0.3, 0.4) is 0 Å². The van der Waals surface area contributed by atoms with Gasteiger partial charge in [0, 0.05) is 17.1 Å². The number of rotatable bonds is 5. The van der Waals surface area contributed by atoms with Gasteiger partial charge in [-0.1, -0.05) is 28.9 Å². The van der Waals surface area contributed by atoms with Gasteiger partial charge in [-0.2, -0.15) is 0 Å². The molecular weight excluding hydrogens is 268 g/mol. The van der Waals surface area contributed by atoms with Crippen LogP contribution in [0.1, 0.15) is 35.9 Å². The maximum absolute atomic E-state index is 11.9. The number of alkyl halides is 1. The van der Waals surface area contributed by atoms with Gasteiger partial charge in [0.1, 0.15) is 5.69 Å². The second-order valence-electron chi connectivity index (χ2n) is 3.72. The summed E-state index contributed by atoms with van der Waals surface area (Å²) in [7, 11) is 0. The van der Waals surface area contributed by atoms with Gasteiger partial charge in [0.05, 0.1) is 0 Å². The molecule has 1 aromatic rings. The first-order chi connectivity index (χ1) is 7.67. The number of pyridine rings is 1. The average Bonchev–Trinajstić information content (AvgIpc) is 2.28. The van der Waals surface area contributed by atoms with Gasteiger partial charge in [-0.05, 0) is 31.9 Å². The number of carbonyl (C=O) groups is 1. The second kappa shape index (κ2) is 6.63. The Labute approximate surface area is 105 Å². The molecule has 0 spiro atoms. The number of hydrogen-bond donors (Lipinski definition) is 1. The molecule has 1 atom stereocenters. The minimum absolute atomic E-state index is 0.0866. The number of amides is 1.